The molecule has 0 heterocycles. The fourth-order valence-corrected chi connectivity index (χ4v) is 2.54. The van der Waals surface area contributed by atoms with Gasteiger partial charge in [0.15, 0.2) is 0 Å². The van der Waals surface area contributed by atoms with Crippen molar-refractivity contribution in [3.05, 3.63) is 5.92 Å². The van der Waals surface area contributed by atoms with Crippen LogP contribution in [0.2, 0.25) is 0 Å². The van der Waals surface area contributed by atoms with Crippen molar-refractivity contribution in [1.82, 2.24) is 0 Å². The summed E-state index contributed by atoms with van der Waals surface area (Å²) in [5, 5.41) is 0. The van der Waals surface area contributed by atoms with Gasteiger partial charge in [-0.3, -0.25) is 0 Å². The maximum Gasteiger partial charge on any atom is -0.0272 e. The smallest absolute Gasteiger partial charge is 0.0272 e. The Morgan fingerprint density at radius 2 is 0.833 bits per heavy atom. The molecule has 0 saturated heterocycles. The van der Waals surface area contributed by atoms with Gasteiger partial charge in [-0.05, 0) is 18.8 Å². The van der Waals surface area contributed by atoms with Crippen molar-refractivity contribution in [2.24, 2.45) is 0 Å². The molecular weight excluding hydrogens is 216 g/mol. The minimum Gasteiger partial charge on any atom is -0.0654 e. The Labute approximate surface area is 117 Å². The van der Waals surface area contributed by atoms with E-state index in [1.54, 1.807) is 5.92 Å². The standard InChI is InChI=1S/C18H37/c1-4-6-8-10-11-12-13-15-17-18(3)16-14-9-7-5-2/h4-17H2,1-3H3. The molecule has 0 aliphatic heterocycles. The monoisotopic (exact) mass is 253 g/mol. The van der Waals surface area contributed by atoms with Crippen LogP contribution < -0.4 is 0 Å². The highest BCUT2D eigenvalue weighted by molar-refractivity contribution is 4.83. The van der Waals surface area contributed by atoms with Crippen LogP contribution in [-0.2, 0) is 0 Å². The Bertz CT molecular complexity index is 139. The average molecular weight is 253 g/mol. The van der Waals surface area contributed by atoms with Crippen LogP contribution in [0.1, 0.15) is 111 Å². The van der Waals surface area contributed by atoms with Gasteiger partial charge in [-0.25, -0.2) is 0 Å². The summed E-state index contributed by atoms with van der Waals surface area (Å²) < 4.78 is 0. The fourth-order valence-electron chi connectivity index (χ4n) is 2.54. The summed E-state index contributed by atoms with van der Waals surface area (Å²) in [5.74, 6) is 1.75. The van der Waals surface area contributed by atoms with Gasteiger partial charge in [0.2, 0.25) is 0 Å². The van der Waals surface area contributed by atoms with Crippen LogP contribution in [0, 0.1) is 5.92 Å². The molecule has 0 aromatic rings. The second-order valence-corrected chi connectivity index (χ2v) is 5.99. The third kappa shape index (κ3) is 14.1. The lowest BCUT2D eigenvalue weighted by Crippen LogP contribution is -1.92. The largest absolute Gasteiger partial charge is 0.0654 e. The Kier molecular flexibility index (Phi) is 15.1. The van der Waals surface area contributed by atoms with E-state index in [4.69, 9.17) is 0 Å². The van der Waals surface area contributed by atoms with Crippen LogP contribution in [0.15, 0.2) is 0 Å². The third-order valence-electron chi connectivity index (χ3n) is 3.91. The van der Waals surface area contributed by atoms with Gasteiger partial charge >= 0.3 is 0 Å². The van der Waals surface area contributed by atoms with Gasteiger partial charge in [0, 0.05) is 0 Å². The quantitative estimate of drug-likeness (QED) is 0.290. The van der Waals surface area contributed by atoms with Crippen molar-refractivity contribution in [3.8, 4) is 0 Å². The molecule has 109 valence electrons. The third-order valence-corrected chi connectivity index (χ3v) is 3.91. The highest BCUT2D eigenvalue weighted by atomic mass is 14.1. The summed E-state index contributed by atoms with van der Waals surface area (Å²) in [6.45, 7) is 6.95. The molecule has 0 rings (SSSR count). The van der Waals surface area contributed by atoms with Gasteiger partial charge in [0.05, 0.1) is 0 Å². The zero-order chi connectivity index (χ0) is 13.5. The second-order valence-electron chi connectivity index (χ2n) is 5.99. The lowest BCUT2D eigenvalue weighted by Gasteiger charge is -2.10. The highest BCUT2D eigenvalue weighted by Gasteiger charge is 2.02. The number of hydrogen-bond acceptors (Lipinski definition) is 0. The SMILES string of the molecule is CCCCCCCCCC[C](C)CCCCCC. The number of rotatable bonds is 14. The van der Waals surface area contributed by atoms with Gasteiger partial charge in [-0.15, -0.1) is 0 Å². The van der Waals surface area contributed by atoms with E-state index >= 15 is 0 Å². The van der Waals surface area contributed by atoms with E-state index in [9.17, 15) is 0 Å². The van der Waals surface area contributed by atoms with Gasteiger partial charge in [-0.2, -0.15) is 0 Å². The Morgan fingerprint density at radius 3 is 1.28 bits per heavy atom. The summed E-state index contributed by atoms with van der Waals surface area (Å²) in [7, 11) is 0. The van der Waals surface area contributed by atoms with Crippen LogP contribution in [0.5, 0.6) is 0 Å². The molecule has 0 aliphatic carbocycles. The van der Waals surface area contributed by atoms with Crippen molar-refractivity contribution in [3.63, 3.8) is 0 Å². The van der Waals surface area contributed by atoms with Gasteiger partial charge in [-0.1, -0.05) is 97.8 Å². The molecule has 0 spiro atoms. The molecule has 0 aromatic carbocycles. The minimum atomic E-state index is 1.36. The summed E-state index contributed by atoms with van der Waals surface area (Å²) in [5.41, 5.74) is 0. The second kappa shape index (κ2) is 15.1. The van der Waals surface area contributed by atoms with Crippen LogP contribution in [-0.4, -0.2) is 0 Å². The molecule has 0 saturated carbocycles. The highest BCUT2D eigenvalue weighted by Crippen LogP contribution is 2.19. The fraction of sp³-hybridized carbons (Fsp3) is 0.944. The zero-order valence-corrected chi connectivity index (χ0v) is 13.4. The molecule has 0 atom stereocenters. The van der Waals surface area contributed by atoms with Gasteiger partial charge in [0.25, 0.3) is 0 Å². The molecule has 0 fully saturated rings. The first-order valence-corrected chi connectivity index (χ1v) is 8.62. The molecule has 1 radical (unpaired) electrons. The molecule has 0 aliphatic rings. The van der Waals surface area contributed by atoms with Crippen molar-refractivity contribution in [1.29, 1.82) is 0 Å². The lowest BCUT2D eigenvalue weighted by molar-refractivity contribution is 0.551. The van der Waals surface area contributed by atoms with Crippen LogP contribution in [0.4, 0.5) is 0 Å². The van der Waals surface area contributed by atoms with Crippen LogP contribution in [0.25, 0.3) is 0 Å². The van der Waals surface area contributed by atoms with E-state index < -0.39 is 0 Å². The van der Waals surface area contributed by atoms with Crippen molar-refractivity contribution in [2.75, 3.05) is 0 Å². The van der Waals surface area contributed by atoms with Crippen LogP contribution >= 0.6 is 0 Å². The van der Waals surface area contributed by atoms with Crippen molar-refractivity contribution < 1.29 is 0 Å². The van der Waals surface area contributed by atoms with E-state index in [-0.39, 0.29) is 0 Å². The number of unbranched alkanes of at least 4 members (excludes halogenated alkanes) is 10. The summed E-state index contributed by atoms with van der Waals surface area (Å²) in [4.78, 5) is 0. The topological polar surface area (TPSA) is 0 Å². The van der Waals surface area contributed by atoms with Crippen LogP contribution in [0.3, 0.4) is 0 Å². The molecule has 0 nitrogen and oxygen atoms in total. The van der Waals surface area contributed by atoms with Gasteiger partial charge < -0.3 is 0 Å². The molecular formula is C18H37. The van der Waals surface area contributed by atoms with E-state index in [0.29, 0.717) is 0 Å². The molecule has 0 aromatic heterocycles. The molecule has 18 heavy (non-hydrogen) atoms. The maximum atomic E-state index is 2.37. The molecule has 0 N–H and O–H groups in total. The lowest BCUT2D eigenvalue weighted by atomic mass is 9.96. The van der Waals surface area contributed by atoms with E-state index in [2.05, 4.69) is 20.8 Å². The Hall–Kier alpha value is 0. The summed E-state index contributed by atoms with van der Waals surface area (Å²) in [6.07, 6.45) is 20.0. The zero-order valence-electron chi connectivity index (χ0n) is 13.4. The van der Waals surface area contributed by atoms with E-state index in [0.717, 1.165) is 0 Å². The number of hydrogen-bond donors (Lipinski definition) is 0. The summed E-state index contributed by atoms with van der Waals surface area (Å²) >= 11 is 0. The van der Waals surface area contributed by atoms with E-state index in [1.807, 2.05) is 0 Å². The normalized spacial score (nSPS) is 11.3. The Balaban J connectivity index is 3.08. The summed E-state index contributed by atoms with van der Waals surface area (Å²) in [6, 6.07) is 0. The first kappa shape index (κ1) is 18.0. The van der Waals surface area contributed by atoms with Crippen molar-refractivity contribution >= 4 is 0 Å². The van der Waals surface area contributed by atoms with E-state index in [1.165, 1.54) is 89.9 Å². The van der Waals surface area contributed by atoms with Crippen molar-refractivity contribution in [2.45, 2.75) is 111 Å². The molecule has 0 amide bonds. The first-order chi connectivity index (χ1) is 8.81. The first-order valence-electron chi connectivity index (χ1n) is 8.62. The minimum absolute atomic E-state index is 1.36. The maximum absolute atomic E-state index is 2.37. The van der Waals surface area contributed by atoms with Gasteiger partial charge in [0.1, 0.15) is 0 Å². The average Bonchev–Trinajstić information content (AvgIpc) is 2.38. The molecule has 0 heteroatoms. The Morgan fingerprint density at radius 1 is 0.500 bits per heavy atom. The predicted molar refractivity (Wildman–Crippen MR) is 84.9 cm³/mol. The molecule has 0 unspecified atom stereocenters. The predicted octanol–water partition coefficient (Wildman–Crippen LogP) is 7.08. The molecule has 0 bridgehead atoms.